The van der Waals surface area contributed by atoms with Gasteiger partial charge in [0.25, 0.3) is 5.91 Å². The van der Waals surface area contributed by atoms with Gasteiger partial charge in [0, 0.05) is 31.7 Å². The number of anilines is 1. The van der Waals surface area contributed by atoms with E-state index in [1.807, 2.05) is 30.0 Å². The smallest absolute Gasteiger partial charge is 0.280 e. The van der Waals surface area contributed by atoms with Crippen molar-refractivity contribution in [2.45, 2.75) is 6.92 Å². The average molecular weight is 325 g/mol. The third-order valence-electron chi connectivity index (χ3n) is 4.32. The number of aryl methyl sites for hydroxylation is 1. The van der Waals surface area contributed by atoms with E-state index in [0.717, 1.165) is 43.0 Å². The standard InChI is InChI=1S/C16H19N7O/c1-12-2-3-14-13(8-12)15(20-22-9-18-19-10-22)16(24)23(14)11-21-6-4-17-5-7-21/h2-3,8-10,17H,4-7,11H2,1H3/b20-15+. The highest BCUT2D eigenvalue weighted by atomic mass is 16.2. The summed E-state index contributed by atoms with van der Waals surface area (Å²) in [7, 11) is 0. The van der Waals surface area contributed by atoms with Gasteiger partial charge in [-0.3, -0.25) is 14.6 Å². The number of benzene rings is 1. The lowest BCUT2D eigenvalue weighted by Gasteiger charge is -2.31. The quantitative estimate of drug-likeness (QED) is 0.863. The Morgan fingerprint density at radius 3 is 2.71 bits per heavy atom. The highest BCUT2D eigenvalue weighted by Crippen LogP contribution is 2.30. The van der Waals surface area contributed by atoms with Crippen LogP contribution >= 0.6 is 0 Å². The monoisotopic (exact) mass is 325 g/mol. The van der Waals surface area contributed by atoms with Gasteiger partial charge in [-0.15, -0.1) is 10.2 Å². The topological polar surface area (TPSA) is 78.7 Å². The number of nitrogens with zero attached hydrogens (tertiary/aromatic N) is 6. The van der Waals surface area contributed by atoms with Crippen LogP contribution in [0.15, 0.2) is 36.0 Å². The van der Waals surface area contributed by atoms with Crippen LogP contribution in [0, 0.1) is 6.92 Å². The van der Waals surface area contributed by atoms with Crippen LogP contribution in [0.1, 0.15) is 11.1 Å². The number of aromatic nitrogens is 3. The van der Waals surface area contributed by atoms with Crippen LogP contribution in [0.25, 0.3) is 0 Å². The van der Waals surface area contributed by atoms with Crippen LogP contribution in [0.4, 0.5) is 5.69 Å². The molecule has 1 N–H and O–H groups in total. The van der Waals surface area contributed by atoms with Gasteiger partial charge in [-0.25, -0.2) is 4.68 Å². The van der Waals surface area contributed by atoms with E-state index in [1.165, 1.54) is 17.3 Å². The summed E-state index contributed by atoms with van der Waals surface area (Å²) in [6.45, 7) is 6.36. The number of amides is 1. The van der Waals surface area contributed by atoms with E-state index in [9.17, 15) is 4.79 Å². The first-order chi connectivity index (χ1) is 11.7. The molecular weight excluding hydrogens is 306 g/mol. The molecule has 3 heterocycles. The zero-order valence-electron chi connectivity index (χ0n) is 13.5. The van der Waals surface area contributed by atoms with E-state index < -0.39 is 0 Å². The molecule has 2 aromatic rings. The summed E-state index contributed by atoms with van der Waals surface area (Å²) in [4.78, 5) is 17.1. The molecule has 124 valence electrons. The lowest BCUT2D eigenvalue weighted by Crippen LogP contribution is -2.49. The summed E-state index contributed by atoms with van der Waals surface area (Å²) in [6, 6.07) is 6.03. The van der Waals surface area contributed by atoms with Gasteiger partial charge >= 0.3 is 0 Å². The van der Waals surface area contributed by atoms with Crippen LogP contribution < -0.4 is 10.2 Å². The highest BCUT2D eigenvalue weighted by Gasteiger charge is 2.35. The van der Waals surface area contributed by atoms with E-state index in [4.69, 9.17) is 0 Å². The fraction of sp³-hybridized carbons (Fsp3) is 0.375. The Morgan fingerprint density at radius 1 is 1.21 bits per heavy atom. The molecule has 2 aliphatic rings. The Labute approximate surface area is 139 Å². The second kappa shape index (κ2) is 6.14. The SMILES string of the molecule is Cc1ccc2c(c1)/C(=N\n1cnnc1)C(=O)N2CN1CCNCC1. The van der Waals surface area contributed by atoms with Crippen molar-refractivity contribution >= 4 is 17.3 Å². The zero-order valence-corrected chi connectivity index (χ0v) is 13.5. The lowest BCUT2D eigenvalue weighted by atomic mass is 10.1. The van der Waals surface area contributed by atoms with E-state index in [1.54, 1.807) is 0 Å². The molecular formula is C16H19N7O. The average Bonchev–Trinajstić information content (AvgIpc) is 3.19. The van der Waals surface area contributed by atoms with Crippen molar-refractivity contribution in [2.24, 2.45) is 5.10 Å². The summed E-state index contributed by atoms with van der Waals surface area (Å²) in [5.74, 6) is -0.0807. The van der Waals surface area contributed by atoms with Gasteiger partial charge in [0.2, 0.25) is 0 Å². The molecule has 2 aliphatic heterocycles. The first-order valence-electron chi connectivity index (χ1n) is 8.02. The van der Waals surface area contributed by atoms with Crippen molar-refractivity contribution in [2.75, 3.05) is 37.7 Å². The number of rotatable bonds is 3. The van der Waals surface area contributed by atoms with Gasteiger partial charge in [0.15, 0.2) is 5.71 Å². The van der Waals surface area contributed by atoms with Crippen LogP contribution in [-0.4, -0.2) is 64.2 Å². The molecule has 1 amide bonds. The van der Waals surface area contributed by atoms with Crippen LogP contribution in [0.5, 0.6) is 0 Å². The highest BCUT2D eigenvalue weighted by molar-refractivity contribution is 6.54. The minimum Gasteiger partial charge on any atom is -0.314 e. The Bertz CT molecular complexity index is 778. The predicted octanol–water partition coefficient (Wildman–Crippen LogP) is 0.0482. The van der Waals surface area contributed by atoms with Crippen molar-refractivity contribution in [3.05, 3.63) is 42.0 Å². The molecule has 4 rings (SSSR count). The van der Waals surface area contributed by atoms with Gasteiger partial charge in [0.05, 0.1) is 12.4 Å². The minimum atomic E-state index is -0.0807. The summed E-state index contributed by atoms with van der Waals surface area (Å²) < 4.78 is 1.47. The van der Waals surface area contributed by atoms with Crippen molar-refractivity contribution in [3.8, 4) is 0 Å². The molecule has 24 heavy (non-hydrogen) atoms. The molecule has 1 fully saturated rings. The van der Waals surface area contributed by atoms with Gasteiger partial charge in [-0.2, -0.15) is 5.10 Å². The Hall–Kier alpha value is -2.58. The summed E-state index contributed by atoms with van der Waals surface area (Å²) in [5.41, 5.74) is 3.31. The molecule has 1 aromatic carbocycles. The van der Waals surface area contributed by atoms with Gasteiger partial charge in [0.1, 0.15) is 12.7 Å². The molecule has 1 saturated heterocycles. The molecule has 0 unspecified atom stereocenters. The van der Waals surface area contributed by atoms with E-state index in [0.29, 0.717) is 12.4 Å². The molecule has 0 atom stereocenters. The fourth-order valence-corrected chi connectivity index (χ4v) is 3.08. The van der Waals surface area contributed by atoms with E-state index in [-0.39, 0.29) is 5.91 Å². The van der Waals surface area contributed by atoms with Crippen molar-refractivity contribution in [1.82, 2.24) is 25.1 Å². The maximum absolute atomic E-state index is 13.0. The number of carbonyl (C=O) groups excluding carboxylic acids is 1. The van der Waals surface area contributed by atoms with Crippen molar-refractivity contribution in [3.63, 3.8) is 0 Å². The van der Waals surface area contributed by atoms with Crippen molar-refractivity contribution < 1.29 is 4.79 Å². The number of hydrogen-bond acceptors (Lipinski definition) is 6. The third kappa shape index (κ3) is 2.70. The Balaban J connectivity index is 1.70. The molecule has 8 heteroatoms. The molecule has 0 aliphatic carbocycles. The second-order valence-corrected chi connectivity index (χ2v) is 6.05. The summed E-state index contributed by atoms with van der Waals surface area (Å²) >= 11 is 0. The Morgan fingerprint density at radius 2 is 1.96 bits per heavy atom. The molecule has 0 bridgehead atoms. The van der Waals surface area contributed by atoms with Gasteiger partial charge < -0.3 is 5.32 Å². The van der Waals surface area contributed by atoms with Crippen LogP contribution in [-0.2, 0) is 4.79 Å². The molecule has 8 nitrogen and oxygen atoms in total. The molecule has 0 spiro atoms. The van der Waals surface area contributed by atoms with Crippen LogP contribution in [0.2, 0.25) is 0 Å². The molecule has 1 aromatic heterocycles. The molecule has 0 radical (unpaired) electrons. The third-order valence-corrected chi connectivity index (χ3v) is 4.32. The largest absolute Gasteiger partial charge is 0.314 e. The maximum atomic E-state index is 13.0. The Kier molecular flexibility index (Phi) is 3.83. The maximum Gasteiger partial charge on any atom is 0.280 e. The number of fused-ring (bicyclic) bond motifs is 1. The van der Waals surface area contributed by atoms with Gasteiger partial charge in [-0.05, 0) is 19.1 Å². The van der Waals surface area contributed by atoms with Crippen molar-refractivity contribution in [1.29, 1.82) is 0 Å². The number of hydrogen-bond donors (Lipinski definition) is 1. The first-order valence-corrected chi connectivity index (χ1v) is 8.02. The van der Waals surface area contributed by atoms with E-state index >= 15 is 0 Å². The van der Waals surface area contributed by atoms with E-state index in [2.05, 4.69) is 25.5 Å². The molecule has 0 saturated carbocycles. The number of nitrogens with one attached hydrogen (secondary N) is 1. The minimum absolute atomic E-state index is 0.0807. The first kappa shape index (κ1) is 15.0. The summed E-state index contributed by atoms with van der Waals surface area (Å²) in [5, 5.41) is 15.2. The number of carbonyl (C=O) groups is 1. The van der Waals surface area contributed by atoms with Crippen LogP contribution in [0.3, 0.4) is 0 Å². The predicted molar refractivity (Wildman–Crippen MR) is 89.9 cm³/mol. The summed E-state index contributed by atoms with van der Waals surface area (Å²) in [6.07, 6.45) is 2.96. The number of piperazine rings is 1. The normalized spacial score (nSPS) is 20.0. The zero-order chi connectivity index (χ0) is 16.5. The second-order valence-electron chi connectivity index (χ2n) is 6.05. The van der Waals surface area contributed by atoms with Gasteiger partial charge in [-0.1, -0.05) is 11.6 Å². The fourth-order valence-electron chi connectivity index (χ4n) is 3.08. The lowest BCUT2D eigenvalue weighted by molar-refractivity contribution is -0.112.